The largest absolute Gasteiger partial charge is 1.00 e. The van der Waals surface area contributed by atoms with Crippen molar-refractivity contribution in [2.45, 2.75) is 20.3 Å². The number of ketones is 1. The Bertz CT molecular complexity index is 166. The van der Waals surface area contributed by atoms with E-state index < -0.39 is 11.9 Å². The third-order valence-corrected chi connectivity index (χ3v) is 0.886. The first-order valence-corrected chi connectivity index (χ1v) is 4.24. The van der Waals surface area contributed by atoms with Gasteiger partial charge in [0.05, 0.1) is 6.54 Å². The standard InChI is InChI=1S/C4H8O.2C2H5NO2/c1-3-4(2)5;2*3-1-2(4)5/h3H2,1-2H3;2*1,3H2,(H,4,5)/p+2. The number of Topliss-reactive ketones (excluding diaryl/α,β-unsaturated/α-hetero) is 1. The van der Waals surface area contributed by atoms with Gasteiger partial charge >= 0.3 is 13.4 Å². The maximum absolute atomic E-state index is 9.81. The Balaban J connectivity index is -0.0000000655. The van der Waals surface area contributed by atoms with Crippen molar-refractivity contribution >= 4 is 17.7 Å². The van der Waals surface area contributed by atoms with Gasteiger partial charge in [0.1, 0.15) is 5.78 Å². The molecule has 15 heavy (non-hydrogen) atoms. The third kappa shape index (κ3) is 67.7. The molecule has 90 valence electrons. The highest BCUT2D eigenvalue weighted by Gasteiger charge is 1.85. The third-order valence-electron chi connectivity index (χ3n) is 0.886. The molecule has 0 atom stereocenters. The number of carboxylic acid groups (broad SMARTS) is 2. The van der Waals surface area contributed by atoms with Gasteiger partial charge in [-0.3, -0.25) is 4.79 Å². The smallest absolute Gasteiger partial charge is 0.480 e. The zero-order valence-electron chi connectivity index (χ0n) is 10.0. The van der Waals surface area contributed by atoms with E-state index in [-0.39, 0.29) is 20.3 Å². The van der Waals surface area contributed by atoms with Gasteiger partial charge in [0.25, 0.3) is 0 Å². The number of carboxylic acids is 2. The van der Waals surface area contributed by atoms with Crippen LogP contribution in [0.1, 0.15) is 21.7 Å². The van der Waals surface area contributed by atoms with Crippen molar-refractivity contribution in [2.75, 3.05) is 13.1 Å². The SMILES string of the molecule is CCC(C)=O.NCC(=O)O.[H+].[NH3+]CC(=O)O. The molecular weight excluding hydrogens is 204 g/mol. The van der Waals surface area contributed by atoms with Gasteiger partial charge in [-0.2, -0.15) is 0 Å². The lowest BCUT2D eigenvalue weighted by molar-refractivity contribution is -0.358. The van der Waals surface area contributed by atoms with Gasteiger partial charge in [-0.15, -0.1) is 0 Å². The zero-order chi connectivity index (χ0) is 12.9. The summed E-state index contributed by atoms with van der Waals surface area (Å²) >= 11 is 0. The van der Waals surface area contributed by atoms with Crippen molar-refractivity contribution in [2.24, 2.45) is 5.73 Å². The summed E-state index contributed by atoms with van der Waals surface area (Å²) in [4.78, 5) is 28.4. The van der Waals surface area contributed by atoms with Gasteiger partial charge in [0.15, 0.2) is 6.54 Å². The van der Waals surface area contributed by atoms with Gasteiger partial charge in [0, 0.05) is 6.42 Å². The van der Waals surface area contributed by atoms with Gasteiger partial charge in [-0.25, -0.2) is 4.79 Å². The highest BCUT2D eigenvalue weighted by Crippen LogP contribution is 1.71. The second-order valence-corrected chi connectivity index (χ2v) is 2.30. The molecule has 0 fully saturated rings. The maximum Gasteiger partial charge on any atom is 1.00 e. The topological polar surface area (TPSA) is 145 Å². The van der Waals surface area contributed by atoms with Crippen LogP contribution in [0.4, 0.5) is 0 Å². The summed E-state index contributed by atoms with van der Waals surface area (Å²) < 4.78 is 0. The molecule has 7 N–H and O–H groups in total. The van der Waals surface area contributed by atoms with Crippen molar-refractivity contribution in [1.82, 2.24) is 0 Å². The molecule has 7 nitrogen and oxygen atoms in total. The predicted octanol–water partition coefficient (Wildman–Crippen LogP) is -1.56. The fourth-order valence-electron chi connectivity index (χ4n) is 0. The number of aliphatic carboxylic acids is 2. The molecule has 0 amide bonds. The second-order valence-electron chi connectivity index (χ2n) is 2.30. The molecule has 0 saturated heterocycles. The average molecular weight is 224 g/mol. The van der Waals surface area contributed by atoms with Gasteiger partial charge < -0.3 is 26.5 Å². The van der Waals surface area contributed by atoms with Crippen LogP contribution >= 0.6 is 0 Å². The number of carbonyl (C=O) groups is 3. The summed E-state index contributed by atoms with van der Waals surface area (Å²) in [5.74, 6) is -1.57. The van der Waals surface area contributed by atoms with E-state index in [0.29, 0.717) is 6.42 Å². The Morgan fingerprint density at radius 2 is 1.47 bits per heavy atom. The minimum Gasteiger partial charge on any atom is -0.480 e. The maximum atomic E-state index is 9.81. The van der Waals surface area contributed by atoms with Gasteiger partial charge in [-0.05, 0) is 6.92 Å². The molecule has 0 aromatic rings. The Kier molecular flexibility index (Phi) is 19.2. The van der Waals surface area contributed by atoms with E-state index in [1.165, 1.54) is 0 Å². The lowest BCUT2D eigenvalue weighted by Gasteiger charge is -1.73. The van der Waals surface area contributed by atoms with Crippen LogP contribution in [0.3, 0.4) is 0 Å². The quantitative estimate of drug-likeness (QED) is 0.456. The fourth-order valence-corrected chi connectivity index (χ4v) is 0. The minimum absolute atomic E-state index is 0. The summed E-state index contributed by atoms with van der Waals surface area (Å²) in [6.45, 7) is 3.13. The van der Waals surface area contributed by atoms with Crippen molar-refractivity contribution in [3.63, 3.8) is 0 Å². The predicted molar refractivity (Wildman–Crippen MR) is 54.2 cm³/mol. The Morgan fingerprint density at radius 1 is 1.27 bits per heavy atom. The molecule has 0 aromatic heterocycles. The number of carbonyl (C=O) groups excluding carboxylic acids is 1. The first kappa shape index (κ1) is 19.2. The summed E-state index contributed by atoms with van der Waals surface area (Å²) in [6, 6.07) is 0. The minimum atomic E-state index is -0.968. The van der Waals surface area contributed by atoms with Crippen LogP contribution in [0.2, 0.25) is 0 Å². The molecule has 0 aromatic carbocycles. The second kappa shape index (κ2) is 15.0. The van der Waals surface area contributed by atoms with E-state index in [9.17, 15) is 14.4 Å². The summed E-state index contributed by atoms with van der Waals surface area (Å²) in [5, 5.41) is 15.3. The molecule has 0 heterocycles. The van der Waals surface area contributed by atoms with Gasteiger partial charge in [-0.1, -0.05) is 6.92 Å². The molecule has 0 radical (unpaired) electrons. The zero-order valence-corrected chi connectivity index (χ0v) is 9.02. The molecule has 0 aliphatic heterocycles. The average Bonchev–Trinajstić information content (AvgIpc) is 2.19. The van der Waals surface area contributed by atoms with Gasteiger partial charge in [0.2, 0.25) is 0 Å². The molecule has 0 rings (SSSR count). The lowest BCUT2D eigenvalue weighted by Crippen LogP contribution is -2.54. The van der Waals surface area contributed by atoms with Crippen LogP contribution in [0, 0.1) is 0 Å². The van der Waals surface area contributed by atoms with Crippen LogP contribution in [-0.4, -0.2) is 41.0 Å². The molecule has 0 unspecified atom stereocenters. The Labute approximate surface area is 89.5 Å². The lowest BCUT2D eigenvalue weighted by atomic mass is 10.4. The fraction of sp³-hybridized carbons (Fsp3) is 0.625. The highest BCUT2D eigenvalue weighted by molar-refractivity contribution is 5.74. The number of quaternary nitrogens is 1. The summed E-state index contributed by atoms with van der Waals surface area (Å²) in [5.41, 5.74) is 7.66. The first-order valence-electron chi connectivity index (χ1n) is 4.24. The molecule has 7 heteroatoms. The number of nitrogens with two attached hydrogens (primary N) is 1. The highest BCUT2D eigenvalue weighted by atomic mass is 16.4. The van der Waals surface area contributed by atoms with E-state index >= 15 is 0 Å². The van der Waals surface area contributed by atoms with E-state index in [0.717, 1.165) is 0 Å². The Morgan fingerprint density at radius 3 is 1.47 bits per heavy atom. The van der Waals surface area contributed by atoms with Crippen molar-refractivity contribution in [3.8, 4) is 0 Å². The molecule has 0 bridgehead atoms. The summed E-state index contributed by atoms with van der Waals surface area (Å²) in [7, 11) is 0. The number of hydrogen-bond acceptors (Lipinski definition) is 4. The molecule has 0 aliphatic carbocycles. The summed E-state index contributed by atoms with van der Waals surface area (Å²) in [6.07, 6.45) is 0.667. The van der Waals surface area contributed by atoms with E-state index in [4.69, 9.17) is 10.2 Å². The van der Waals surface area contributed by atoms with Crippen LogP contribution in [-0.2, 0) is 14.4 Å². The van der Waals surface area contributed by atoms with Crippen LogP contribution in [0.25, 0.3) is 0 Å². The van der Waals surface area contributed by atoms with E-state index in [1.807, 2.05) is 6.92 Å². The molecule has 0 saturated carbocycles. The number of hydrogen-bond donors (Lipinski definition) is 4. The van der Waals surface area contributed by atoms with Crippen molar-refractivity contribution in [1.29, 1.82) is 0 Å². The van der Waals surface area contributed by atoms with Crippen molar-refractivity contribution < 1.29 is 31.8 Å². The number of rotatable bonds is 3. The van der Waals surface area contributed by atoms with E-state index in [1.54, 1.807) is 6.92 Å². The van der Waals surface area contributed by atoms with Crippen LogP contribution in [0.5, 0.6) is 0 Å². The molecular formula is C8H20N2O5+2. The molecule has 0 aliphatic rings. The Hall–Kier alpha value is -1.47. The molecule has 0 spiro atoms. The normalized spacial score (nSPS) is 7.47. The van der Waals surface area contributed by atoms with Crippen LogP contribution in [0.15, 0.2) is 0 Å². The van der Waals surface area contributed by atoms with Crippen molar-refractivity contribution in [3.05, 3.63) is 0 Å². The van der Waals surface area contributed by atoms with E-state index in [2.05, 4.69) is 11.5 Å². The first-order chi connectivity index (χ1) is 6.81. The monoisotopic (exact) mass is 224 g/mol. The van der Waals surface area contributed by atoms with Crippen LogP contribution < -0.4 is 11.5 Å².